The number of carbonyl (C=O) groups is 2. The number of rotatable bonds is 5. The van der Waals surface area contributed by atoms with Crippen LogP contribution in [-0.4, -0.2) is 16.9 Å². The number of para-hydroxylation sites is 1. The number of halogens is 2. The molecule has 2 aromatic carbocycles. The Morgan fingerprint density at radius 3 is 2.27 bits per heavy atom. The minimum Gasteiger partial charge on any atom is -0.331 e. The van der Waals surface area contributed by atoms with Crippen molar-refractivity contribution < 1.29 is 9.59 Å². The van der Waals surface area contributed by atoms with E-state index in [4.69, 9.17) is 35.4 Å². The van der Waals surface area contributed by atoms with Gasteiger partial charge in [-0.2, -0.15) is 0 Å². The Hall–Kier alpha value is -2.35. The molecule has 0 aromatic heterocycles. The number of carbonyl (C=O) groups excluding carboxylic acids is 2. The summed E-state index contributed by atoms with van der Waals surface area (Å²) in [6, 6.07) is 14.0. The highest BCUT2D eigenvalue weighted by Gasteiger charge is 2.09. The maximum atomic E-state index is 11.9. The SMILES string of the molecule is O=C(CCC(=O)Nc1ccc(Cl)cc1Cl)NNC(=S)Nc1ccccc1. The molecular weight excluding hydrogens is 395 g/mol. The zero-order valence-electron chi connectivity index (χ0n) is 13.5. The number of hydrogen-bond acceptors (Lipinski definition) is 3. The van der Waals surface area contributed by atoms with Gasteiger partial charge in [0, 0.05) is 23.6 Å². The van der Waals surface area contributed by atoms with Crippen LogP contribution in [0.25, 0.3) is 0 Å². The largest absolute Gasteiger partial charge is 0.331 e. The first-order valence-corrected chi connectivity index (χ1v) is 8.76. The maximum Gasteiger partial charge on any atom is 0.238 e. The van der Waals surface area contributed by atoms with Crippen LogP contribution in [0.4, 0.5) is 11.4 Å². The van der Waals surface area contributed by atoms with E-state index in [1.807, 2.05) is 30.3 Å². The molecule has 0 spiro atoms. The molecule has 0 aliphatic heterocycles. The van der Waals surface area contributed by atoms with E-state index in [1.165, 1.54) is 6.07 Å². The average Bonchev–Trinajstić information content (AvgIpc) is 2.61. The van der Waals surface area contributed by atoms with Crippen molar-refractivity contribution in [3.8, 4) is 0 Å². The Bertz CT molecular complexity index is 803. The van der Waals surface area contributed by atoms with Gasteiger partial charge in [-0.05, 0) is 42.5 Å². The molecule has 0 saturated carbocycles. The van der Waals surface area contributed by atoms with Crippen molar-refractivity contribution in [2.24, 2.45) is 0 Å². The summed E-state index contributed by atoms with van der Waals surface area (Å²) in [6.07, 6.45) is -0.0245. The normalized spacial score (nSPS) is 9.92. The van der Waals surface area contributed by atoms with Crippen molar-refractivity contribution in [1.82, 2.24) is 10.9 Å². The maximum absolute atomic E-state index is 11.9. The Labute approximate surface area is 166 Å². The predicted molar refractivity (Wildman–Crippen MR) is 108 cm³/mol. The van der Waals surface area contributed by atoms with Crippen LogP contribution in [0.3, 0.4) is 0 Å². The number of amides is 2. The number of thiocarbonyl (C=S) groups is 1. The Kier molecular flexibility index (Phi) is 7.65. The zero-order valence-corrected chi connectivity index (χ0v) is 15.8. The number of hydrogen-bond donors (Lipinski definition) is 4. The smallest absolute Gasteiger partial charge is 0.238 e. The first-order chi connectivity index (χ1) is 12.4. The third-order valence-electron chi connectivity index (χ3n) is 3.13. The average molecular weight is 411 g/mol. The van der Waals surface area contributed by atoms with Crippen molar-refractivity contribution in [3.05, 3.63) is 58.6 Å². The van der Waals surface area contributed by atoms with Crippen molar-refractivity contribution in [2.75, 3.05) is 10.6 Å². The predicted octanol–water partition coefficient (Wildman–Crippen LogP) is 3.73. The Morgan fingerprint density at radius 2 is 1.58 bits per heavy atom. The van der Waals surface area contributed by atoms with E-state index < -0.39 is 0 Å². The van der Waals surface area contributed by atoms with Gasteiger partial charge in [-0.15, -0.1) is 0 Å². The molecule has 2 aromatic rings. The zero-order chi connectivity index (χ0) is 18.9. The minimum atomic E-state index is -0.375. The summed E-state index contributed by atoms with van der Waals surface area (Å²) < 4.78 is 0. The second-order valence-electron chi connectivity index (χ2n) is 5.17. The molecule has 0 saturated heterocycles. The molecule has 2 rings (SSSR count). The summed E-state index contributed by atoms with van der Waals surface area (Å²) in [7, 11) is 0. The lowest BCUT2D eigenvalue weighted by Gasteiger charge is -2.11. The van der Waals surface area contributed by atoms with Crippen molar-refractivity contribution in [1.29, 1.82) is 0 Å². The van der Waals surface area contributed by atoms with Crippen LogP contribution in [0.1, 0.15) is 12.8 Å². The summed E-state index contributed by atoms with van der Waals surface area (Å²) in [6.45, 7) is 0. The van der Waals surface area contributed by atoms with Gasteiger partial charge in [0.2, 0.25) is 11.8 Å². The molecule has 0 radical (unpaired) electrons. The number of benzene rings is 2. The second-order valence-corrected chi connectivity index (χ2v) is 6.42. The van der Waals surface area contributed by atoms with Crippen molar-refractivity contribution >= 4 is 63.7 Å². The summed E-state index contributed by atoms with van der Waals surface area (Å²) in [5, 5.41) is 6.57. The third-order valence-corrected chi connectivity index (χ3v) is 3.88. The van der Waals surface area contributed by atoms with Gasteiger partial charge in [0.05, 0.1) is 10.7 Å². The lowest BCUT2D eigenvalue weighted by Crippen LogP contribution is -2.43. The van der Waals surface area contributed by atoms with Crippen LogP contribution in [0, 0.1) is 0 Å². The highest BCUT2D eigenvalue weighted by Crippen LogP contribution is 2.25. The topological polar surface area (TPSA) is 82.3 Å². The van der Waals surface area contributed by atoms with Crippen LogP contribution in [0.2, 0.25) is 10.0 Å². The van der Waals surface area contributed by atoms with E-state index in [0.717, 1.165) is 5.69 Å². The standard InChI is InChI=1S/C17H16Cl2N4O2S/c18-11-6-7-14(13(19)10-11)21-15(24)8-9-16(25)22-23-17(26)20-12-4-2-1-3-5-12/h1-7,10H,8-9H2,(H,21,24)(H,22,25)(H2,20,23,26). The summed E-state index contributed by atoms with van der Waals surface area (Å²) in [5.74, 6) is -0.714. The lowest BCUT2D eigenvalue weighted by atomic mass is 10.2. The fraction of sp³-hybridized carbons (Fsp3) is 0.118. The molecule has 0 aliphatic rings. The molecular formula is C17H16Cl2N4O2S. The van der Waals surface area contributed by atoms with Crippen LogP contribution >= 0.6 is 35.4 Å². The third kappa shape index (κ3) is 6.87. The molecule has 136 valence electrons. The molecule has 4 N–H and O–H groups in total. The van der Waals surface area contributed by atoms with Gasteiger partial charge in [-0.25, -0.2) is 0 Å². The summed E-state index contributed by atoms with van der Waals surface area (Å²) in [4.78, 5) is 23.7. The van der Waals surface area contributed by atoms with E-state index >= 15 is 0 Å². The first-order valence-electron chi connectivity index (χ1n) is 7.60. The summed E-state index contributed by atoms with van der Waals surface area (Å²) >= 11 is 16.8. The Morgan fingerprint density at radius 1 is 0.885 bits per heavy atom. The molecule has 0 unspecified atom stereocenters. The Balaban J connectivity index is 1.69. The molecule has 0 fully saturated rings. The number of hydrazine groups is 1. The van der Waals surface area contributed by atoms with E-state index in [9.17, 15) is 9.59 Å². The molecule has 6 nitrogen and oxygen atoms in total. The van der Waals surface area contributed by atoms with Crippen LogP contribution in [0.15, 0.2) is 48.5 Å². The van der Waals surface area contributed by atoms with Crippen LogP contribution < -0.4 is 21.5 Å². The quantitative estimate of drug-likeness (QED) is 0.445. The fourth-order valence-corrected chi connectivity index (χ4v) is 2.53. The van der Waals surface area contributed by atoms with Gasteiger partial charge in [0.15, 0.2) is 5.11 Å². The van der Waals surface area contributed by atoms with Gasteiger partial charge in [0.25, 0.3) is 0 Å². The number of nitrogens with one attached hydrogen (secondary N) is 4. The molecule has 0 atom stereocenters. The molecule has 2 amide bonds. The van der Waals surface area contributed by atoms with E-state index in [-0.39, 0.29) is 29.8 Å². The van der Waals surface area contributed by atoms with Crippen LogP contribution in [0.5, 0.6) is 0 Å². The van der Waals surface area contributed by atoms with E-state index in [0.29, 0.717) is 15.7 Å². The number of anilines is 2. The van der Waals surface area contributed by atoms with Crippen LogP contribution in [-0.2, 0) is 9.59 Å². The minimum absolute atomic E-state index is 0.00859. The highest BCUT2D eigenvalue weighted by atomic mass is 35.5. The summed E-state index contributed by atoms with van der Waals surface area (Å²) in [5.41, 5.74) is 6.23. The van der Waals surface area contributed by atoms with Crippen molar-refractivity contribution in [3.63, 3.8) is 0 Å². The molecule has 0 heterocycles. The van der Waals surface area contributed by atoms with Gasteiger partial charge >= 0.3 is 0 Å². The monoisotopic (exact) mass is 410 g/mol. The van der Waals surface area contributed by atoms with Gasteiger partial charge in [-0.1, -0.05) is 41.4 Å². The van der Waals surface area contributed by atoms with Gasteiger partial charge in [0.1, 0.15) is 0 Å². The highest BCUT2D eigenvalue weighted by molar-refractivity contribution is 7.80. The molecule has 0 aliphatic carbocycles. The van der Waals surface area contributed by atoms with Gasteiger partial charge < -0.3 is 10.6 Å². The molecule has 26 heavy (non-hydrogen) atoms. The lowest BCUT2D eigenvalue weighted by molar-refractivity contribution is -0.124. The molecule has 0 bridgehead atoms. The first kappa shape index (κ1) is 20.0. The van der Waals surface area contributed by atoms with E-state index in [1.54, 1.807) is 12.1 Å². The second kappa shape index (κ2) is 9.96. The van der Waals surface area contributed by atoms with Crippen molar-refractivity contribution in [2.45, 2.75) is 12.8 Å². The van der Waals surface area contributed by atoms with Gasteiger partial charge in [-0.3, -0.25) is 20.4 Å². The molecule has 9 heteroatoms. The fourth-order valence-electron chi connectivity index (χ4n) is 1.90. The van der Waals surface area contributed by atoms with E-state index in [2.05, 4.69) is 21.5 Å².